The Balaban J connectivity index is 1.56. The van der Waals surface area contributed by atoms with Gasteiger partial charge in [0.1, 0.15) is 11.4 Å². The molecule has 3 aromatic rings. The molecule has 0 saturated carbocycles. The SMILES string of the molecule is C[C@@]1(N=NN)CNc2c1cc([C@](O)(CNC(=O)c1ccc3c(c1)CC(=O)N3)C(F)(F)F)nc2-c1ccc(F)cc1. The number of rotatable bonds is 6. The summed E-state index contributed by atoms with van der Waals surface area (Å²) in [7, 11) is 0. The van der Waals surface area contributed by atoms with Crippen molar-refractivity contribution in [1.82, 2.24) is 10.3 Å². The number of hydrogen-bond acceptors (Lipinski definition) is 7. The van der Waals surface area contributed by atoms with E-state index in [4.69, 9.17) is 5.84 Å². The van der Waals surface area contributed by atoms with Crippen molar-refractivity contribution in [3.8, 4) is 11.3 Å². The predicted octanol–water partition coefficient (Wildman–Crippen LogP) is 3.53. The highest BCUT2D eigenvalue weighted by molar-refractivity contribution is 6.01. The molecule has 2 aliphatic heterocycles. The van der Waals surface area contributed by atoms with E-state index in [1.54, 1.807) is 6.92 Å². The zero-order valence-electron chi connectivity index (χ0n) is 20.9. The van der Waals surface area contributed by atoms with Crippen LogP contribution in [0.1, 0.15) is 34.1 Å². The summed E-state index contributed by atoms with van der Waals surface area (Å²) in [4.78, 5) is 28.6. The Morgan fingerprint density at radius 1 is 1.20 bits per heavy atom. The van der Waals surface area contributed by atoms with E-state index in [0.29, 0.717) is 16.9 Å². The number of nitrogens with one attached hydrogen (secondary N) is 3. The molecule has 0 radical (unpaired) electrons. The van der Waals surface area contributed by atoms with Crippen LogP contribution in [0, 0.1) is 5.82 Å². The molecule has 208 valence electrons. The molecule has 0 bridgehead atoms. The van der Waals surface area contributed by atoms with Crippen molar-refractivity contribution in [3.63, 3.8) is 0 Å². The highest BCUT2D eigenvalue weighted by atomic mass is 19.4. The molecule has 1 aromatic heterocycles. The summed E-state index contributed by atoms with van der Waals surface area (Å²) in [6.07, 6.45) is -5.26. The minimum Gasteiger partial charge on any atom is -0.380 e. The Labute approximate surface area is 224 Å². The van der Waals surface area contributed by atoms with Crippen LogP contribution in [0.3, 0.4) is 0 Å². The average molecular weight is 558 g/mol. The zero-order chi connectivity index (χ0) is 28.9. The number of nitrogens with zero attached hydrogens (tertiary/aromatic N) is 3. The number of nitrogens with two attached hydrogens (primary N) is 1. The Morgan fingerprint density at radius 3 is 2.60 bits per heavy atom. The van der Waals surface area contributed by atoms with E-state index in [2.05, 4.69) is 31.3 Å². The van der Waals surface area contributed by atoms with Crippen LogP contribution in [0.25, 0.3) is 11.3 Å². The van der Waals surface area contributed by atoms with Gasteiger partial charge in [-0.3, -0.25) is 9.59 Å². The number of carbonyl (C=O) groups is 2. The fraction of sp³-hybridized carbons (Fsp3) is 0.269. The summed E-state index contributed by atoms with van der Waals surface area (Å²) in [5.74, 6) is 3.53. The van der Waals surface area contributed by atoms with Gasteiger partial charge in [-0.1, -0.05) is 5.22 Å². The van der Waals surface area contributed by atoms with Gasteiger partial charge in [0.15, 0.2) is 0 Å². The number of anilines is 2. The van der Waals surface area contributed by atoms with E-state index in [-0.39, 0.29) is 41.3 Å². The fourth-order valence-electron chi connectivity index (χ4n) is 4.77. The molecule has 2 aliphatic rings. The summed E-state index contributed by atoms with van der Waals surface area (Å²) in [5.41, 5.74) is -3.80. The Morgan fingerprint density at radius 2 is 1.93 bits per heavy atom. The van der Waals surface area contributed by atoms with Crippen molar-refractivity contribution >= 4 is 23.2 Å². The number of fused-ring (bicyclic) bond motifs is 2. The third kappa shape index (κ3) is 4.59. The second kappa shape index (κ2) is 9.55. The summed E-state index contributed by atoms with van der Waals surface area (Å²) >= 11 is 0. The standard InChI is InChI=1S/C26H23F4N7O3/c1-24(36-37-31)11-32-22-17(24)10-19(35-21(22)13-2-5-16(27)6-3-13)25(40,26(28,29)30)12-33-23(39)14-4-7-18-15(8-14)9-20(38)34-18/h2-8,10,32,40H,9,11-12H2,1H3,(H2,31,36)(H,33,39)(H,34,38)/t24-,25-/m1/s1. The minimum atomic E-state index is -5.28. The molecule has 10 nitrogen and oxygen atoms in total. The number of aromatic nitrogens is 1. The first-order valence-corrected chi connectivity index (χ1v) is 12.0. The van der Waals surface area contributed by atoms with Gasteiger partial charge in [0.2, 0.25) is 11.5 Å². The monoisotopic (exact) mass is 557 g/mol. The maximum absolute atomic E-state index is 14.5. The molecule has 40 heavy (non-hydrogen) atoms. The highest BCUT2D eigenvalue weighted by Gasteiger charge is 2.57. The number of carbonyl (C=O) groups excluding carboxylic acids is 2. The lowest BCUT2D eigenvalue weighted by Gasteiger charge is -2.31. The van der Waals surface area contributed by atoms with E-state index in [1.807, 2.05) is 0 Å². The van der Waals surface area contributed by atoms with Crippen LogP contribution in [0.15, 0.2) is 58.9 Å². The lowest BCUT2D eigenvalue weighted by Crippen LogP contribution is -2.51. The second-order valence-electron chi connectivity index (χ2n) is 9.77. The number of alkyl halides is 3. The van der Waals surface area contributed by atoms with Crippen LogP contribution in [0.5, 0.6) is 0 Å². The van der Waals surface area contributed by atoms with Gasteiger partial charge in [0.05, 0.1) is 30.0 Å². The maximum atomic E-state index is 14.5. The number of pyridine rings is 1. The van der Waals surface area contributed by atoms with E-state index < -0.39 is 41.3 Å². The third-order valence-electron chi connectivity index (χ3n) is 7.00. The average Bonchev–Trinajstić information content (AvgIpc) is 3.44. The van der Waals surface area contributed by atoms with Gasteiger partial charge in [-0.15, -0.1) is 0 Å². The van der Waals surface area contributed by atoms with Gasteiger partial charge in [0, 0.05) is 28.9 Å². The van der Waals surface area contributed by atoms with Gasteiger partial charge in [0.25, 0.3) is 5.91 Å². The smallest absolute Gasteiger partial charge is 0.380 e. The number of benzene rings is 2. The molecule has 0 spiro atoms. The number of amides is 2. The van der Waals surface area contributed by atoms with E-state index in [0.717, 1.165) is 18.2 Å². The third-order valence-corrected chi connectivity index (χ3v) is 7.00. The van der Waals surface area contributed by atoms with Crippen LogP contribution in [-0.2, 0) is 22.4 Å². The van der Waals surface area contributed by atoms with Crippen molar-refractivity contribution in [2.24, 2.45) is 16.2 Å². The lowest BCUT2D eigenvalue weighted by molar-refractivity contribution is -0.265. The molecule has 14 heteroatoms. The van der Waals surface area contributed by atoms with Crippen molar-refractivity contribution in [2.75, 3.05) is 23.7 Å². The molecule has 2 aromatic carbocycles. The number of aliphatic hydroxyl groups is 1. The summed E-state index contributed by atoms with van der Waals surface area (Å²) < 4.78 is 57.2. The quantitative estimate of drug-likeness (QED) is 0.135. The predicted molar refractivity (Wildman–Crippen MR) is 136 cm³/mol. The summed E-state index contributed by atoms with van der Waals surface area (Å²) in [5, 5.41) is 26.2. The van der Waals surface area contributed by atoms with Crippen LogP contribution in [0.4, 0.5) is 28.9 Å². The molecular formula is C26H23F4N7O3. The van der Waals surface area contributed by atoms with E-state index in [9.17, 15) is 32.3 Å². The molecule has 5 rings (SSSR count). The molecule has 2 atom stereocenters. The molecular weight excluding hydrogens is 534 g/mol. The fourth-order valence-corrected chi connectivity index (χ4v) is 4.77. The first kappa shape index (κ1) is 27.0. The molecule has 6 N–H and O–H groups in total. The normalized spacial score (nSPS) is 19.5. The van der Waals surface area contributed by atoms with Crippen molar-refractivity contribution < 1.29 is 32.3 Å². The number of hydrogen-bond donors (Lipinski definition) is 5. The molecule has 0 unspecified atom stereocenters. The molecule has 2 amide bonds. The molecule has 3 heterocycles. The molecule has 0 saturated heterocycles. The molecule has 0 fully saturated rings. The second-order valence-corrected chi connectivity index (χ2v) is 9.77. The Hall–Kier alpha value is -4.59. The maximum Gasteiger partial charge on any atom is 0.424 e. The van der Waals surface area contributed by atoms with Crippen molar-refractivity contribution in [3.05, 3.63) is 76.7 Å². The van der Waals surface area contributed by atoms with Crippen LogP contribution in [-0.4, -0.2) is 41.2 Å². The highest BCUT2D eigenvalue weighted by Crippen LogP contribution is 2.46. The zero-order valence-corrected chi connectivity index (χ0v) is 20.9. The largest absolute Gasteiger partial charge is 0.424 e. The van der Waals surface area contributed by atoms with Gasteiger partial charge in [-0.05, 0) is 61.0 Å². The van der Waals surface area contributed by atoms with Gasteiger partial charge in [-0.2, -0.15) is 18.3 Å². The van der Waals surface area contributed by atoms with Gasteiger partial charge in [-0.25, -0.2) is 9.37 Å². The molecule has 0 aliphatic carbocycles. The van der Waals surface area contributed by atoms with Crippen LogP contribution >= 0.6 is 0 Å². The van der Waals surface area contributed by atoms with E-state index >= 15 is 0 Å². The Bertz CT molecular complexity index is 1540. The first-order chi connectivity index (χ1) is 18.8. The number of halogens is 4. The Kier molecular flexibility index (Phi) is 6.45. The topological polar surface area (TPSA) is 154 Å². The van der Waals surface area contributed by atoms with Crippen LogP contribution < -0.4 is 21.8 Å². The first-order valence-electron chi connectivity index (χ1n) is 12.0. The van der Waals surface area contributed by atoms with Crippen LogP contribution in [0.2, 0.25) is 0 Å². The lowest BCUT2D eigenvalue weighted by atomic mass is 9.89. The summed E-state index contributed by atoms with van der Waals surface area (Å²) in [6, 6.07) is 10.2. The minimum absolute atomic E-state index is 0.00763. The van der Waals surface area contributed by atoms with Crippen molar-refractivity contribution in [2.45, 2.75) is 30.7 Å². The van der Waals surface area contributed by atoms with Gasteiger partial charge >= 0.3 is 6.18 Å². The van der Waals surface area contributed by atoms with E-state index in [1.165, 1.54) is 30.3 Å². The summed E-state index contributed by atoms with van der Waals surface area (Å²) in [6.45, 7) is 0.419. The van der Waals surface area contributed by atoms with Gasteiger partial charge < -0.3 is 26.9 Å². The van der Waals surface area contributed by atoms with Crippen molar-refractivity contribution in [1.29, 1.82) is 0 Å².